The molecule has 0 aromatic heterocycles. The van der Waals surface area contributed by atoms with Crippen LogP contribution < -0.4 is 19.5 Å². The molecule has 128 valence electrons. The minimum absolute atomic E-state index is 0.293. The van der Waals surface area contributed by atoms with Gasteiger partial charge in [0.1, 0.15) is 0 Å². The molecule has 0 aliphatic carbocycles. The number of amides is 1. The second-order valence-corrected chi connectivity index (χ2v) is 4.97. The van der Waals surface area contributed by atoms with Crippen molar-refractivity contribution in [3.05, 3.63) is 53.6 Å². The first-order chi connectivity index (χ1) is 12.1. The highest BCUT2D eigenvalue weighted by molar-refractivity contribution is 6.02. The van der Waals surface area contributed by atoms with Crippen LogP contribution in [0.15, 0.2) is 42.5 Å². The molecule has 0 aliphatic rings. The summed E-state index contributed by atoms with van der Waals surface area (Å²) in [6.45, 7) is 0. The van der Waals surface area contributed by atoms with E-state index in [2.05, 4.69) is 5.32 Å². The molecule has 0 unspecified atom stereocenters. The van der Waals surface area contributed by atoms with E-state index in [1.54, 1.807) is 42.5 Å². The average molecular weight is 338 g/mol. The molecule has 0 bridgehead atoms. The van der Waals surface area contributed by atoms with Gasteiger partial charge >= 0.3 is 0 Å². The van der Waals surface area contributed by atoms with Crippen LogP contribution in [0.2, 0.25) is 0 Å². The minimum atomic E-state index is -0.293. The molecule has 1 N–H and O–H groups in total. The molecule has 6 nitrogen and oxygen atoms in total. The van der Waals surface area contributed by atoms with Crippen LogP contribution in [-0.2, 0) is 4.79 Å². The summed E-state index contributed by atoms with van der Waals surface area (Å²) < 4.78 is 15.8. The monoisotopic (exact) mass is 338 g/mol. The lowest BCUT2D eigenvalue weighted by Crippen LogP contribution is -2.07. The summed E-state index contributed by atoms with van der Waals surface area (Å²) in [6, 6.07) is 12.1. The van der Waals surface area contributed by atoms with E-state index in [0.29, 0.717) is 28.5 Å². The van der Waals surface area contributed by atoms with Crippen LogP contribution in [0.3, 0.4) is 0 Å². The van der Waals surface area contributed by atoms with Gasteiger partial charge in [0, 0.05) is 11.8 Å². The van der Waals surface area contributed by atoms with Gasteiger partial charge in [0.2, 0.25) is 11.7 Å². The maximum Gasteiger partial charge on any atom is 0.248 e. The van der Waals surface area contributed by atoms with Crippen molar-refractivity contribution in [1.29, 1.82) is 5.26 Å². The lowest BCUT2D eigenvalue weighted by atomic mass is 10.1. The molecule has 0 radical (unpaired) electrons. The number of anilines is 1. The molecule has 25 heavy (non-hydrogen) atoms. The number of ether oxygens (including phenoxy) is 3. The normalized spacial score (nSPS) is 10.2. The fourth-order valence-electron chi connectivity index (χ4n) is 2.18. The number of benzene rings is 2. The van der Waals surface area contributed by atoms with E-state index in [9.17, 15) is 4.79 Å². The van der Waals surface area contributed by atoms with Crippen LogP contribution in [0, 0.1) is 11.3 Å². The Morgan fingerprint density at radius 2 is 1.64 bits per heavy atom. The molecule has 0 saturated heterocycles. The molecule has 0 aliphatic heterocycles. The number of rotatable bonds is 6. The van der Waals surface area contributed by atoms with Gasteiger partial charge in [-0.3, -0.25) is 4.79 Å². The molecule has 0 spiro atoms. The van der Waals surface area contributed by atoms with Crippen molar-refractivity contribution < 1.29 is 19.0 Å². The molecular formula is C19H18N2O4. The molecule has 2 aromatic rings. The number of carbonyl (C=O) groups excluding carboxylic acids is 1. The molecule has 0 saturated carbocycles. The Bertz CT molecular complexity index is 795. The van der Waals surface area contributed by atoms with Crippen molar-refractivity contribution in [3.63, 3.8) is 0 Å². The summed E-state index contributed by atoms with van der Waals surface area (Å²) in [4.78, 5) is 12.0. The van der Waals surface area contributed by atoms with Crippen molar-refractivity contribution >= 4 is 17.7 Å². The van der Waals surface area contributed by atoms with Gasteiger partial charge in [-0.2, -0.15) is 5.26 Å². The molecule has 0 atom stereocenters. The highest BCUT2D eigenvalue weighted by Gasteiger charge is 2.12. The van der Waals surface area contributed by atoms with Crippen molar-refractivity contribution in [3.8, 4) is 23.3 Å². The summed E-state index contributed by atoms with van der Waals surface area (Å²) in [6.07, 6.45) is 3.04. The van der Waals surface area contributed by atoms with E-state index in [1.807, 2.05) is 6.07 Å². The molecule has 2 rings (SSSR count). The highest BCUT2D eigenvalue weighted by Crippen LogP contribution is 2.38. The van der Waals surface area contributed by atoms with Gasteiger partial charge in [-0.25, -0.2) is 0 Å². The first-order valence-electron chi connectivity index (χ1n) is 7.40. The molecular weight excluding hydrogens is 320 g/mol. The Hall–Kier alpha value is -3.46. The van der Waals surface area contributed by atoms with Gasteiger partial charge in [-0.15, -0.1) is 0 Å². The number of nitrogens with one attached hydrogen (secondary N) is 1. The number of methoxy groups -OCH3 is 3. The maximum absolute atomic E-state index is 12.0. The van der Waals surface area contributed by atoms with Gasteiger partial charge in [0.05, 0.1) is 33.0 Å². The second kappa shape index (κ2) is 8.41. The van der Waals surface area contributed by atoms with E-state index < -0.39 is 0 Å². The Morgan fingerprint density at radius 1 is 1.04 bits per heavy atom. The maximum atomic E-state index is 12.0. The smallest absolute Gasteiger partial charge is 0.248 e. The predicted molar refractivity (Wildman–Crippen MR) is 94.9 cm³/mol. The molecule has 1 amide bonds. The second-order valence-electron chi connectivity index (χ2n) is 4.97. The Kier molecular flexibility index (Phi) is 6.02. The third-order valence-corrected chi connectivity index (χ3v) is 3.40. The zero-order valence-corrected chi connectivity index (χ0v) is 14.2. The molecule has 2 aromatic carbocycles. The third kappa shape index (κ3) is 4.52. The van der Waals surface area contributed by atoms with Crippen molar-refractivity contribution in [1.82, 2.24) is 0 Å². The largest absolute Gasteiger partial charge is 0.493 e. The van der Waals surface area contributed by atoms with Crippen LogP contribution in [0.1, 0.15) is 11.1 Å². The standard InChI is InChI=1S/C19H18N2O4/c1-23-16-10-14(11-17(24-2)19(16)25-3)6-9-18(22)21-15-7-4-13(12-20)5-8-15/h4-11H,1-3H3,(H,21,22)/b9-6+. The van der Waals surface area contributed by atoms with E-state index in [-0.39, 0.29) is 5.91 Å². The topological polar surface area (TPSA) is 80.6 Å². The quantitative estimate of drug-likeness (QED) is 0.818. The Morgan fingerprint density at radius 3 is 2.12 bits per heavy atom. The summed E-state index contributed by atoms with van der Waals surface area (Å²) in [5, 5.41) is 11.5. The first kappa shape index (κ1) is 17.9. The Balaban J connectivity index is 2.14. The van der Waals surface area contributed by atoms with Gasteiger partial charge < -0.3 is 19.5 Å². The number of hydrogen-bond donors (Lipinski definition) is 1. The fraction of sp³-hybridized carbons (Fsp3) is 0.158. The van der Waals surface area contributed by atoms with Crippen molar-refractivity contribution in [2.75, 3.05) is 26.6 Å². The summed E-state index contributed by atoms with van der Waals surface area (Å²) in [5.41, 5.74) is 1.87. The van der Waals surface area contributed by atoms with E-state index >= 15 is 0 Å². The fourth-order valence-corrected chi connectivity index (χ4v) is 2.18. The van der Waals surface area contributed by atoms with Crippen LogP contribution in [0.5, 0.6) is 17.2 Å². The van der Waals surface area contributed by atoms with Crippen molar-refractivity contribution in [2.45, 2.75) is 0 Å². The third-order valence-electron chi connectivity index (χ3n) is 3.40. The first-order valence-corrected chi connectivity index (χ1v) is 7.40. The average Bonchev–Trinajstić information content (AvgIpc) is 2.65. The molecule has 0 heterocycles. The highest BCUT2D eigenvalue weighted by atomic mass is 16.5. The zero-order valence-electron chi connectivity index (χ0n) is 14.2. The number of carbonyl (C=O) groups is 1. The van der Waals surface area contributed by atoms with Gasteiger partial charge in [-0.1, -0.05) is 0 Å². The van der Waals surface area contributed by atoms with Crippen LogP contribution >= 0.6 is 0 Å². The number of hydrogen-bond acceptors (Lipinski definition) is 5. The Labute approximate surface area is 146 Å². The zero-order chi connectivity index (χ0) is 18.2. The number of nitrogens with zero attached hydrogens (tertiary/aromatic N) is 1. The molecule has 0 fully saturated rings. The minimum Gasteiger partial charge on any atom is -0.493 e. The van der Waals surface area contributed by atoms with Crippen LogP contribution in [0.4, 0.5) is 5.69 Å². The van der Waals surface area contributed by atoms with Crippen molar-refractivity contribution in [2.24, 2.45) is 0 Å². The van der Waals surface area contributed by atoms with E-state index in [4.69, 9.17) is 19.5 Å². The van der Waals surface area contributed by atoms with Gasteiger partial charge in [0.15, 0.2) is 11.5 Å². The summed E-state index contributed by atoms with van der Waals surface area (Å²) >= 11 is 0. The van der Waals surface area contributed by atoms with E-state index in [1.165, 1.54) is 27.4 Å². The van der Waals surface area contributed by atoms with E-state index in [0.717, 1.165) is 5.56 Å². The van der Waals surface area contributed by atoms with Gasteiger partial charge in [-0.05, 0) is 48.0 Å². The predicted octanol–water partition coefficient (Wildman–Crippen LogP) is 3.24. The molecule has 6 heteroatoms. The SMILES string of the molecule is COc1cc(/C=C/C(=O)Nc2ccc(C#N)cc2)cc(OC)c1OC. The number of nitriles is 1. The summed E-state index contributed by atoms with van der Waals surface area (Å²) in [5.74, 6) is 1.21. The lowest BCUT2D eigenvalue weighted by Gasteiger charge is -2.12. The van der Waals surface area contributed by atoms with Crippen LogP contribution in [-0.4, -0.2) is 27.2 Å². The van der Waals surface area contributed by atoms with Gasteiger partial charge in [0.25, 0.3) is 0 Å². The lowest BCUT2D eigenvalue weighted by molar-refractivity contribution is -0.111. The van der Waals surface area contributed by atoms with Crippen LogP contribution in [0.25, 0.3) is 6.08 Å². The summed E-state index contributed by atoms with van der Waals surface area (Å²) in [7, 11) is 4.59.